The molecule has 0 N–H and O–H groups in total. The summed E-state index contributed by atoms with van der Waals surface area (Å²) in [5.41, 5.74) is 0.914. The van der Waals surface area contributed by atoms with Crippen molar-refractivity contribution in [3.8, 4) is 0 Å². The van der Waals surface area contributed by atoms with Crippen LogP contribution in [0.2, 0.25) is 0 Å². The van der Waals surface area contributed by atoms with Crippen LogP contribution in [0.25, 0.3) is 0 Å². The van der Waals surface area contributed by atoms with Crippen LogP contribution in [0.3, 0.4) is 0 Å². The predicted molar refractivity (Wildman–Crippen MR) is 62.7 cm³/mol. The van der Waals surface area contributed by atoms with Gasteiger partial charge in [-0.2, -0.15) is 13.2 Å². The smallest absolute Gasteiger partial charge is 0.288 e. The molecule has 0 radical (unpaired) electrons. The van der Waals surface area contributed by atoms with Crippen molar-refractivity contribution < 1.29 is 13.2 Å². The maximum Gasteiger partial charge on any atom is 0.404 e. The highest BCUT2D eigenvalue weighted by Gasteiger charge is 2.41. The van der Waals surface area contributed by atoms with Crippen molar-refractivity contribution in [3.63, 3.8) is 0 Å². The SMILES string of the molecule is CCC(N(CC)Cc1ccccc1)C(F)(F)F. The molecule has 1 atom stereocenters. The van der Waals surface area contributed by atoms with Crippen molar-refractivity contribution in [2.45, 2.75) is 39.0 Å². The van der Waals surface area contributed by atoms with Gasteiger partial charge >= 0.3 is 6.18 Å². The van der Waals surface area contributed by atoms with E-state index in [-0.39, 0.29) is 6.42 Å². The molecule has 96 valence electrons. The first-order valence-corrected chi connectivity index (χ1v) is 5.83. The molecule has 0 spiro atoms. The first-order valence-electron chi connectivity index (χ1n) is 5.83. The van der Waals surface area contributed by atoms with E-state index in [0.29, 0.717) is 13.1 Å². The van der Waals surface area contributed by atoms with Gasteiger partial charge in [-0.3, -0.25) is 4.90 Å². The second-order valence-corrected chi connectivity index (χ2v) is 4.01. The summed E-state index contributed by atoms with van der Waals surface area (Å²) in [6.45, 7) is 4.07. The summed E-state index contributed by atoms with van der Waals surface area (Å²) in [5.74, 6) is 0. The van der Waals surface area contributed by atoms with Crippen molar-refractivity contribution in [1.82, 2.24) is 4.90 Å². The first kappa shape index (κ1) is 14.0. The van der Waals surface area contributed by atoms with Gasteiger partial charge < -0.3 is 0 Å². The van der Waals surface area contributed by atoms with Gasteiger partial charge in [0.25, 0.3) is 0 Å². The molecule has 0 fully saturated rings. The standard InChI is InChI=1S/C13H18F3N/c1-3-12(13(14,15)16)17(4-2)10-11-8-6-5-7-9-11/h5-9,12H,3-4,10H2,1-2H3. The minimum atomic E-state index is -4.15. The molecule has 0 bridgehead atoms. The summed E-state index contributed by atoms with van der Waals surface area (Å²) >= 11 is 0. The maximum atomic E-state index is 12.8. The molecule has 0 saturated heterocycles. The summed E-state index contributed by atoms with van der Waals surface area (Å²) < 4.78 is 38.5. The van der Waals surface area contributed by atoms with Gasteiger partial charge in [-0.15, -0.1) is 0 Å². The summed E-state index contributed by atoms with van der Waals surface area (Å²) in [6, 6.07) is 7.90. The molecule has 0 aliphatic heterocycles. The molecule has 4 heteroatoms. The van der Waals surface area contributed by atoms with Gasteiger partial charge in [0.05, 0.1) is 0 Å². The number of halogens is 3. The maximum absolute atomic E-state index is 12.8. The molecule has 0 aliphatic carbocycles. The third kappa shape index (κ3) is 4.04. The number of benzene rings is 1. The first-order chi connectivity index (χ1) is 7.99. The zero-order chi connectivity index (χ0) is 12.9. The Hall–Kier alpha value is -1.03. The van der Waals surface area contributed by atoms with Gasteiger partial charge in [-0.25, -0.2) is 0 Å². The number of hydrogen-bond donors (Lipinski definition) is 0. The Morgan fingerprint density at radius 3 is 2.12 bits per heavy atom. The lowest BCUT2D eigenvalue weighted by Gasteiger charge is -2.31. The fourth-order valence-corrected chi connectivity index (χ4v) is 1.96. The Morgan fingerprint density at radius 2 is 1.71 bits per heavy atom. The molecule has 1 aromatic carbocycles. The van der Waals surface area contributed by atoms with E-state index in [1.165, 1.54) is 4.90 Å². The molecule has 0 aromatic heterocycles. The highest BCUT2D eigenvalue weighted by atomic mass is 19.4. The topological polar surface area (TPSA) is 3.24 Å². The van der Waals surface area contributed by atoms with Crippen LogP contribution >= 0.6 is 0 Å². The second kappa shape index (κ2) is 6.05. The Labute approximate surface area is 100 Å². The monoisotopic (exact) mass is 245 g/mol. The highest BCUT2D eigenvalue weighted by Crippen LogP contribution is 2.28. The van der Waals surface area contributed by atoms with Crippen molar-refractivity contribution >= 4 is 0 Å². The molecule has 1 nitrogen and oxygen atoms in total. The molecule has 0 heterocycles. The van der Waals surface area contributed by atoms with Crippen LogP contribution in [0.15, 0.2) is 30.3 Å². The van der Waals surface area contributed by atoms with Gasteiger partial charge in [0.2, 0.25) is 0 Å². The van der Waals surface area contributed by atoms with Crippen LogP contribution in [-0.4, -0.2) is 23.7 Å². The molecule has 0 saturated carbocycles. The molecule has 1 rings (SSSR count). The van der Waals surface area contributed by atoms with Gasteiger partial charge in [0.1, 0.15) is 6.04 Å². The molecule has 1 aromatic rings. The number of alkyl halides is 3. The minimum absolute atomic E-state index is 0.0875. The summed E-state index contributed by atoms with van der Waals surface area (Å²) in [7, 11) is 0. The van der Waals surface area contributed by atoms with Gasteiger partial charge in [0.15, 0.2) is 0 Å². The van der Waals surface area contributed by atoms with E-state index in [2.05, 4.69) is 0 Å². The van der Waals surface area contributed by atoms with E-state index in [0.717, 1.165) is 5.56 Å². The fourth-order valence-electron chi connectivity index (χ4n) is 1.96. The normalized spacial score (nSPS) is 14.0. The van der Waals surface area contributed by atoms with Crippen LogP contribution in [0.1, 0.15) is 25.8 Å². The average molecular weight is 245 g/mol. The number of hydrogen-bond acceptors (Lipinski definition) is 1. The lowest BCUT2D eigenvalue weighted by molar-refractivity contribution is -0.185. The summed E-state index contributed by atoms with van der Waals surface area (Å²) in [4.78, 5) is 1.47. The third-order valence-corrected chi connectivity index (χ3v) is 2.84. The molecule has 1 unspecified atom stereocenters. The van der Waals surface area contributed by atoms with Crippen molar-refractivity contribution in [2.24, 2.45) is 0 Å². The molecule has 0 aliphatic rings. The second-order valence-electron chi connectivity index (χ2n) is 4.01. The Balaban J connectivity index is 2.77. The fraction of sp³-hybridized carbons (Fsp3) is 0.538. The molecular weight excluding hydrogens is 227 g/mol. The van der Waals surface area contributed by atoms with Gasteiger partial charge in [0, 0.05) is 6.54 Å². The van der Waals surface area contributed by atoms with Crippen LogP contribution < -0.4 is 0 Å². The van der Waals surface area contributed by atoms with Crippen LogP contribution in [-0.2, 0) is 6.54 Å². The lowest BCUT2D eigenvalue weighted by atomic mass is 10.1. The predicted octanol–water partition coefficient (Wildman–Crippen LogP) is 3.85. The Bertz CT molecular complexity index is 321. The van der Waals surface area contributed by atoms with E-state index in [9.17, 15) is 13.2 Å². The van der Waals surface area contributed by atoms with E-state index in [1.807, 2.05) is 30.3 Å². The largest absolute Gasteiger partial charge is 0.404 e. The quantitative estimate of drug-likeness (QED) is 0.761. The minimum Gasteiger partial charge on any atom is -0.288 e. The zero-order valence-electron chi connectivity index (χ0n) is 10.2. The van der Waals surface area contributed by atoms with E-state index >= 15 is 0 Å². The van der Waals surface area contributed by atoms with E-state index in [1.54, 1.807) is 13.8 Å². The third-order valence-electron chi connectivity index (χ3n) is 2.84. The van der Waals surface area contributed by atoms with Crippen LogP contribution in [0, 0.1) is 0 Å². The van der Waals surface area contributed by atoms with Crippen LogP contribution in [0.4, 0.5) is 13.2 Å². The molecule has 0 amide bonds. The lowest BCUT2D eigenvalue weighted by Crippen LogP contribution is -2.44. The van der Waals surface area contributed by atoms with Gasteiger partial charge in [-0.05, 0) is 18.5 Å². The van der Waals surface area contributed by atoms with Crippen molar-refractivity contribution in [3.05, 3.63) is 35.9 Å². The van der Waals surface area contributed by atoms with E-state index < -0.39 is 12.2 Å². The highest BCUT2D eigenvalue weighted by molar-refractivity contribution is 5.14. The van der Waals surface area contributed by atoms with Crippen molar-refractivity contribution in [2.75, 3.05) is 6.54 Å². The van der Waals surface area contributed by atoms with Crippen LogP contribution in [0.5, 0.6) is 0 Å². The summed E-state index contributed by atoms with van der Waals surface area (Å²) in [6.07, 6.45) is -4.07. The number of rotatable bonds is 5. The zero-order valence-corrected chi connectivity index (χ0v) is 10.2. The van der Waals surface area contributed by atoms with E-state index in [4.69, 9.17) is 0 Å². The number of nitrogens with zero attached hydrogens (tertiary/aromatic N) is 1. The molecule has 17 heavy (non-hydrogen) atoms. The Kier molecular flexibility index (Phi) is 5.00. The summed E-state index contributed by atoms with van der Waals surface area (Å²) in [5, 5.41) is 0. The van der Waals surface area contributed by atoms with Gasteiger partial charge in [-0.1, -0.05) is 44.2 Å². The molecular formula is C13H18F3N. The Morgan fingerprint density at radius 1 is 1.12 bits per heavy atom. The van der Waals surface area contributed by atoms with Crippen molar-refractivity contribution in [1.29, 1.82) is 0 Å². The average Bonchev–Trinajstić information content (AvgIpc) is 2.28.